The SMILES string of the molecule is CCNC(Cc1cnccc1N)c1cc(C)c(Br)c(C)c1. The van der Waals surface area contributed by atoms with Crippen LogP contribution in [0.5, 0.6) is 0 Å². The third-order valence-corrected chi connectivity index (χ3v) is 4.93. The van der Waals surface area contributed by atoms with E-state index in [1.807, 2.05) is 12.3 Å². The predicted octanol–water partition coefficient (Wildman–Crippen LogP) is 3.94. The van der Waals surface area contributed by atoms with E-state index in [0.717, 1.165) is 24.2 Å². The summed E-state index contributed by atoms with van der Waals surface area (Å²) in [5.74, 6) is 0. The third kappa shape index (κ3) is 3.83. The lowest BCUT2D eigenvalue weighted by Crippen LogP contribution is -2.23. The summed E-state index contributed by atoms with van der Waals surface area (Å²) < 4.78 is 1.18. The van der Waals surface area contributed by atoms with Crippen molar-refractivity contribution in [3.05, 3.63) is 57.3 Å². The van der Waals surface area contributed by atoms with Crippen molar-refractivity contribution in [2.24, 2.45) is 0 Å². The maximum absolute atomic E-state index is 6.05. The molecule has 3 N–H and O–H groups in total. The number of nitrogens with two attached hydrogens (primary N) is 1. The molecule has 1 unspecified atom stereocenters. The first-order chi connectivity index (χ1) is 10.0. The van der Waals surface area contributed by atoms with Gasteiger partial charge in [-0.1, -0.05) is 35.0 Å². The molecule has 4 heteroatoms. The Morgan fingerprint density at radius 1 is 1.29 bits per heavy atom. The maximum atomic E-state index is 6.05. The van der Waals surface area contributed by atoms with Gasteiger partial charge in [-0.3, -0.25) is 4.98 Å². The molecule has 0 radical (unpaired) electrons. The predicted molar refractivity (Wildman–Crippen MR) is 92.4 cm³/mol. The van der Waals surface area contributed by atoms with Crippen molar-refractivity contribution >= 4 is 21.6 Å². The molecule has 0 aliphatic rings. The standard InChI is InChI=1S/C17H22BrN3/c1-4-21-16(9-14-10-20-6-5-15(14)19)13-7-11(2)17(18)12(3)8-13/h5-8,10,16,21H,4,9H2,1-3H3,(H2,19,20). The highest BCUT2D eigenvalue weighted by molar-refractivity contribution is 9.10. The van der Waals surface area contributed by atoms with Crippen LogP contribution in [0.2, 0.25) is 0 Å². The van der Waals surface area contributed by atoms with E-state index in [2.05, 4.69) is 59.1 Å². The lowest BCUT2D eigenvalue weighted by atomic mass is 9.96. The number of nitrogens with zero attached hydrogens (tertiary/aromatic N) is 1. The maximum Gasteiger partial charge on any atom is 0.0378 e. The van der Waals surface area contributed by atoms with Crippen molar-refractivity contribution in [1.82, 2.24) is 10.3 Å². The molecule has 0 amide bonds. The normalized spacial score (nSPS) is 12.4. The van der Waals surface area contributed by atoms with E-state index in [0.29, 0.717) is 0 Å². The molecule has 2 rings (SSSR count). The molecule has 1 atom stereocenters. The van der Waals surface area contributed by atoms with Gasteiger partial charge in [0.1, 0.15) is 0 Å². The van der Waals surface area contributed by atoms with Crippen molar-refractivity contribution < 1.29 is 0 Å². The zero-order chi connectivity index (χ0) is 15.4. The summed E-state index contributed by atoms with van der Waals surface area (Å²) in [4.78, 5) is 4.19. The summed E-state index contributed by atoms with van der Waals surface area (Å²) in [6, 6.07) is 6.57. The number of rotatable bonds is 5. The number of aryl methyl sites for hydroxylation is 2. The summed E-state index contributed by atoms with van der Waals surface area (Å²) in [7, 11) is 0. The van der Waals surface area contributed by atoms with E-state index < -0.39 is 0 Å². The van der Waals surface area contributed by atoms with Crippen molar-refractivity contribution in [2.75, 3.05) is 12.3 Å². The van der Waals surface area contributed by atoms with E-state index in [1.165, 1.54) is 21.2 Å². The number of benzene rings is 1. The van der Waals surface area contributed by atoms with Crippen LogP contribution in [0, 0.1) is 13.8 Å². The molecule has 21 heavy (non-hydrogen) atoms. The first-order valence-corrected chi connectivity index (χ1v) is 8.00. The highest BCUT2D eigenvalue weighted by atomic mass is 79.9. The van der Waals surface area contributed by atoms with Gasteiger partial charge in [0.25, 0.3) is 0 Å². The molecular formula is C17H22BrN3. The van der Waals surface area contributed by atoms with E-state index >= 15 is 0 Å². The van der Waals surface area contributed by atoms with Crippen LogP contribution >= 0.6 is 15.9 Å². The molecule has 0 aliphatic carbocycles. The second kappa shape index (κ2) is 7.05. The minimum absolute atomic E-state index is 0.243. The van der Waals surface area contributed by atoms with Gasteiger partial charge in [0.2, 0.25) is 0 Å². The Morgan fingerprint density at radius 2 is 1.95 bits per heavy atom. The molecule has 0 spiro atoms. The first-order valence-electron chi connectivity index (χ1n) is 7.21. The van der Waals surface area contributed by atoms with Crippen molar-refractivity contribution in [3.8, 4) is 0 Å². The molecule has 0 saturated carbocycles. The van der Waals surface area contributed by atoms with Gasteiger partial charge in [-0.15, -0.1) is 0 Å². The number of aromatic nitrogens is 1. The lowest BCUT2D eigenvalue weighted by molar-refractivity contribution is 0.549. The van der Waals surface area contributed by atoms with E-state index in [1.54, 1.807) is 6.20 Å². The number of anilines is 1. The zero-order valence-electron chi connectivity index (χ0n) is 12.8. The smallest absolute Gasteiger partial charge is 0.0378 e. The lowest BCUT2D eigenvalue weighted by Gasteiger charge is -2.21. The highest BCUT2D eigenvalue weighted by Gasteiger charge is 2.15. The van der Waals surface area contributed by atoms with Crippen LogP contribution in [0.15, 0.2) is 35.1 Å². The van der Waals surface area contributed by atoms with Gasteiger partial charge < -0.3 is 11.1 Å². The Hall–Kier alpha value is -1.39. The van der Waals surface area contributed by atoms with E-state index in [4.69, 9.17) is 5.73 Å². The molecule has 3 nitrogen and oxygen atoms in total. The second-order valence-electron chi connectivity index (χ2n) is 5.36. The third-order valence-electron chi connectivity index (χ3n) is 3.68. The van der Waals surface area contributed by atoms with Crippen LogP contribution in [-0.4, -0.2) is 11.5 Å². The summed E-state index contributed by atoms with van der Waals surface area (Å²) in [6.45, 7) is 7.29. The number of pyridine rings is 1. The molecule has 2 aromatic rings. The fraction of sp³-hybridized carbons (Fsp3) is 0.353. The molecule has 0 saturated heterocycles. The monoisotopic (exact) mass is 347 g/mol. The number of nitrogen functional groups attached to an aromatic ring is 1. The Bertz CT molecular complexity index is 602. The Labute approximate surface area is 135 Å². The molecule has 0 bridgehead atoms. The summed E-state index contributed by atoms with van der Waals surface area (Å²) in [5.41, 5.74) is 11.7. The van der Waals surface area contributed by atoms with Crippen LogP contribution < -0.4 is 11.1 Å². The van der Waals surface area contributed by atoms with Gasteiger partial charge >= 0.3 is 0 Å². The van der Waals surface area contributed by atoms with Gasteiger partial charge in [-0.05, 0) is 55.1 Å². The fourth-order valence-electron chi connectivity index (χ4n) is 2.56. The largest absolute Gasteiger partial charge is 0.398 e. The average Bonchev–Trinajstić information content (AvgIpc) is 2.46. The second-order valence-corrected chi connectivity index (χ2v) is 6.15. The average molecular weight is 348 g/mol. The summed E-state index contributed by atoms with van der Waals surface area (Å²) in [6.07, 6.45) is 4.43. The van der Waals surface area contributed by atoms with Gasteiger partial charge in [-0.25, -0.2) is 0 Å². The van der Waals surface area contributed by atoms with Gasteiger partial charge in [0, 0.05) is 28.6 Å². The van der Waals surface area contributed by atoms with Crippen LogP contribution in [-0.2, 0) is 6.42 Å². The molecular weight excluding hydrogens is 326 g/mol. The molecule has 0 aliphatic heterocycles. The molecule has 0 fully saturated rings. The summed E-state index contributed by atoms with van der Waals surface area (Å²) >= 11 is 3.63. The van der Waals surface area contributed by atoms with Gasteiger partial charge in [0.05, 0.1) is 0 Å². The number of hydrogen-bond acceptors (Lipinski definition) is 3. The quantitative estimate of drug-likeness (QED) is 0.861. The Morgan fingerprint density at radius 3 is 2.52 bits per heavy atom. The minimum atomic E-state index is 0.243. The number of likely N-dealkylation sites (N-methyl/N-ethyl adjacent to an activating group) is 1. The van der Waals surface area contributed by atoms with Gasteiger partial charge in [-0.2, -0.15) is 0 Å². The van der Waals surface area contributed by atoms with Gasteiger partial charge in [0.15, 0.2) is 0 Å². The minimum Gasteiger partial charge on any atom is -0.398 e. The van der Waals surface area contributed by atoms with Crippen LogP contribution in [0.25, 0.3) is 0 Å². The van der Waals surface area contributed by atoms with Crippen LogP contribution in [0.3, 0.4) is 0 Å². The zero-order valence-corrected chi connectivity index (χ0v) is 14.4. The highest BCUT2D eigenvalue weighted by Crippen LogP contribution is 2.28. The van der Waals surface area contributed by atoms with E-state index in [9.17, 15) is 0 Å². The topological polar surface area (TPSA) is 50.9 Å². The molecule has 1 heterocycles. The van der Waals surface area contributed by atoms with Crippen LogP contribution in [0.1, 0.15) is 35.2 Å². The number of halogens is 1. The van der Waals surface area contributed by atoms with Crippen molar-refractivity contribution in [3.63, 3.8) is 0 Å². The number of nitrogens with one attached hydrogen (secondary N) is 1. The Balaban J connectivity index is 2.33. The molecule has 1 aromatic carbocycles. The number of hydrogen-bond donors (Lipinski definition) is 2. The van der Waals surface area contributed by atoms with Crippen molar-refractivity contribution in [2.45, 2.75) is 33.2 Å². The van der Waals surface area contributed by atoms with Crippen molar-refractivity contribution in [1.29, 1.82) is 0 Å². The van der Waals surface area contributed by atoms with E-state index in [-0.39, 0.29) is 6.04 Å². The first kappa shape index (κ1) is 16.0. The Kier molecular flexibility index (Phi) is 5.37. The molecule has 1 aromatic heterocycles. The van der Waals surface area contributed by atoms with Crippen LogP contribution in [0.4, 0.5) is 5.69 Å². The fourth-order valence-corrected chi connectivity index (χ4v) is 2.79. The molecule has 112 valence electrons. The summed E-state index contributed by atoms with van der Waals surface area (Å²) in [5, 5.41) is 3.55.